The van der Waals surface area contributed by atoms with Gasteiger partial charge in [-0.05, 0) is 23.8 Å². The molecule has 5 heteroatoms. The fourth-order valence-electron chi connectivity index (χ4n) is 1.81. The molecule has 1 aromatic carbocycles. The molecule has 0 unspecified atom stereocenters. The van der Waals surface area contributed by atoms with E-state index in [1.807, 2.05) is 6.92 Å². The number of hydrogen-bond donors (Lipinski definition) is 2. The van der Waals surface area contributed by atoms with E-state index in [1.165, 1.54) is 6.07 Å². The molecule has 1 aromatic heterocycles. The molecule has 1 amide bonds. The Kier molecular flexibility index (Phi) is 4.53. The second-order valence-electron chi connectivity index (χ2n) is 4.43. The molecular formula is C15H17FN2O2. The molecule has 0 radical (unpaired) electrons. The number of carbonyl (C=O) groups excluding carboxylic acids is 1. The summed E-state index contributed by atoms with van der Waals surface area (Å²) in [5.74, 6) is 0.253. The normalized spacial score (nSPS) is 10.6. The van der Waals surface area contributed by atoms with E-state index in [0.29, 0.717) is 5.56 Å². The summed E-state index contributed by atoms with van der Waals surface area (Å²) in [6.07, 6.45) is 0.725. The molecule has 0 bridgehead atoms. The minimum Gasteiger partial charge on any atom is -0.456 e. The van der Waals surface area contributed by atoms with Gasteiger partial charge >= 0.3 is 0 Å². The zero-order valence-electron chi connectivity index (χ0n) is 11.3. The molecule has 4 nitrogen and oxygen atoms in total. The van der Waals surface area contributed by atoms with Crippen molar-refractivity contribution in [2.45, 2.75) is 26.4 Å². The van der Waals surface area contributed by atoms with Gasteiger partial charge in [-0.25, -0.2) is 4.39 Å². The van der Waals surface area contributed by atoms with Gasteiger partial charge in [-0.1, -0.05) is 19.1 Å². The first-order chi connectivity index (χ1) is 9.63. The number of carbonyl (C=O) groups is 1. The summed E-state index contributed by atoms with van der Waals surface area (Å²) in [5, 5.41) is 2.63. The summed E-state index contributed by atoms with van der Waals surface area (Å²) in [5.41, 5.74) is 6.57. The van der Waals surface area contributed by atoms with Gasteiger partial charge in [0.25, 0.3) is 5.91 Å². The van der Waals surface area contributed by atoms with E-state index in [1.54, 1.807) is 24.3 Å². The van der Waals surface area contributed by atoms with Gasteiger partial charge in [-0.2, -0.15) is 0 Å². The lowest BCUT2D eigenvalue weighted by Gasteiger charge is -2.06. The molecule has 3 N–H and O–H groups in total. The second-order valence-corrected chi connectivity index (χ2v) is 4.43. The monoisotopic (exact) mass is 276 g/mol. The Labute approximate surface area is 116 Å². The average Bonchev–Trinajstić information content (AvgIpc) is 2.94. The Bertz CT molecular complexity index is 608. The van der Waals surface area contributed by atoms with Crippen LogP contribution in [0.15, 0.2) is 34.7 Å². The van der Waals surface area contributed by atoms with Crippen molar-refractivity contribution in [2.75, 3.05) is 0 Å². The number of aryl methyl sites for hydroxylation is 1. The average molecular weight is 276 g/mol. The van der Waals surface area contributed by atoms with Gasteiger partial charge in [-0.15, -0.1) is 0 Å². The molecule has 2 rings (SSSR count). The third-order valence-electron chi connectivity index (χ3n) is 3.03. The molecule has 0 saturated heterocycles. The highest BCUT2D eigenvalue weighted by Crippen LogP contribution is 2.11. The minimum atomic E-state index is -0.373. The highest BCUT2D eigenvalue weighted by Gasteiger charge is 2.11. The number of rotatable bonds is 5. The molecule has 1 heterocycles. The van der Waals surface area contributed by atoms with Crippen molar-refractivity contribution in [3.63, 3.8) is 0 Å². The van der Waals surface area contributed by atoms with Crippen LogP contribution in [0.4, 0.5) is 4.39 Å². The fraction of sp³-hybridized carbons (Fsp3) is 0.267. The van der Waals surface area contributed by atoms with E-state index < -0.39 is 0 Å². The summed E-state index contributed by atoms with van der Waals surface area (Å²) < 4.78 is 19.0. The molecule has 20 heavy (non-hydrogen) atoms. The molecule has 0 aliphatic rings. The third-order valence-corrected chi connectivity index (χ3v) is 3.03. The zero-order chi connectivity index (χ0) is 14.5. The van der Waals surface area contributed by atoms with Gasteiger partial charge in [0.05, 0.1) is 0 Å². The van der Waals surface area contributed by atoms with E-state index >= 15 is 0 Å². The van der Waals surface area contributed by atoms with Crippen LogP contribution in [0.2, 0.25) is 0 Å². The van der Waals surface area contributed by atoms with Crippen molar-refractivity contribution < 1.29 is 13.6 Å². The van der Waals surface area contributed by atoms with Gasteiger partial charge in [-0.3, -0.25) is 4.79 Å². The number of furan rings is 1. The van der Waals surface area contributed by atoms with E-state index in [2.05, 4.69) is 5.32 Å². The summed E-state index contributed by atoms with van der Waals surface area (Å²) in [4.78, 5) is 11.8. The highest BCUT2D eigenvalue weighted by atomic mass is 19.1. The lowest BCUT2D eigenvalue weighted by molar-refractivity contribution is 0.0921. The number of benzene rings is 1. The molecule has 0 fully saturated rings. The van der Waals surface area contributed by atoms with Gasteiger partial charge < -0.3 is 15.5 Å². The van der Waals surface area contributed by atoms with Crippen molar-refractivity contribution in [3.8, 4) is 0 Å². The second kappa shape index (κ2) is 6.34. The molecule has 0 saturated carbocycles. The zero-order valence-corrected chi connectivity index (χ0v) is 11.3. The van der Waals surface area contributed by atoms with Gasteiger partial charge in [0, 0.05) is 25.1 Å². The molecule has 0 atom stereocenters. The number of amides is 1. The minimum absolute atomic E-state index is 0.109. The van der Waals surface area contributed by atoms with Crippen LogP contribution in [0.25, 0.3) is 0 Å². The predicted molar refractivity (Wildman–Crippen MR) is 73.5 cm³/mol. The van der Waals surface area contributed by atoms with Crippen LogP contribution in [0, 0.1) is 5.82 Å². The maximum Gasteiger partial charge on any atom is 0.287 e. The highest BCUT2D eigenvalue weighted by molar-refractivity contribution is 5.91. The number of halogens is 1. The smallest absolute Gasteiger partial charge is 0.287 e. The van der Waals surface area contributed by atoms with Crippen LogP contribution in [0.1, 0.15) is 34.4 Å². The quantitative estimate of drug-likeness (QED) is 0.881. The number of nitrogens with one attached hydrogen (secondary N) is 1. The van der Waals surface area contributed by atoms with Crippen LogP contribution < -0.4 is 11.1 Å². The molecular weight excluding hydrogens is 259 g/mol. The van der Waals surface area contributed by atoms with Crippen LogP contribution in [0.5, 0.6) is 0 Å². The fourth-order valence-corrected chi connectivity index (χ4v) is 1.81. The van der Waals surface area contributed by atoms with Crippen molar-refractivity contribution >= 4 is 5.91 Å². The SMILES string of the molecule is CCc1ccc(C(=O)NCc2ccc(CN)cc2F)o1. The first kappa shape index (κ1) is 14.3. The molecule has 106 valence electrons. The maximum atomic E-state index is 13.7. The van der Waals surface area contributed by atoms with Crippen molar-refractivity contribution in [3.05, 3.63) is 58.8 Å². The largest absolute Gasteiger partial charge is 0.456 e. The Balaban J connectivity index is 1.99. The Morgan fingerprint density at radius 3 is 2.75 bits per heavy atom. The van der Waals surface area contributed by atoms with E-state index in [4.69, 9.17) is 10.2 Å². The Morgan fingerprint density at radius 2 is 2.15 bits per heavy atom. The standard InChI is InChI=1S/C15H17FN2O2/c1-2-12-5-6-14(20-12)15(19)18-9-11-4-3-10(8-17)7-13(11)16/h3-7H,2,8-9,17H2,1H3,(H,18,19). The van der Waals surface area contributed by atoms with Crippen LogP contribution >= 0.6 is 0 Å². The predicted octanol–water partition coefficient (Wildman–Crippen LogP) is 2.37. The lowest BCUT2D eigenvalue weighted by Crippen LogP contribution is -2.22. The summed E-state index contributed by atoms with van der Waals surface area (Å²) >= 11 is 0. The van der Waals surface area contributed by atoms with Crippen molar-refractivity contribution in [1.29, 1.82) is 0 Å². The Morgan fingerprint density at radius 1 is 1.35 bits per heavy atom. The summed E-state index contributed by atoms with van der Waals surface area (Å²) in [6.45, 7) is 2.34. The van der Waals surface area contributed by atoms with E-state index in [9.17, 15) is 9.18 Å². The number of nitrogens with two attached hydrogens (primary N) is 1. The first-order valence-electron chi connectivity index (χ1n) is 6.48. The van der Waals surface area contributed by atoms with Crippen molar-refractivity contribution in [2.24, 2.45) is 5.73 Å². The first-order valence-corrected chi connectivity index (χ1v) is 6.48. The van der Waals surface area contributed by atoms with E-state index in [-0.39, 0.29) is 30.6 Å². The third kappa shape index (κ3) is 3.24. The summed E-state index contributed by atoms with van der Waals surface area (Å²) in [6, 6.07) is 8.11. The topological polar surface area (TPSA) is 68.3 Å². The van der Waals surface area contributed by atoms with Gasteiger partial charge in [0.1, 0.15) is 11.6 Å². The van der Waals surface area contributed by atoms with E-state index in [0.717, 1.165) is 17.7 Å². The van der Waals surface area contributed by atoms with Crippen LogP contribution in [-0.4, -0.2) is 5.91 Å². The number of hydrogen-bond acceptors (Lipinski definition) is 3. The van der Waals surface area contributed by atoms with Crippen molar-refractivity contribution in [1.82, 2.24) is 5.32 Å². The lowest BCUT2D eigenvalue weighted by atomic mass is 10.1. The van der Waals surface area contributed by atoms with Gasteiger partial charge in [0.2, 0.25) is 0 Å². The molecule has 0 aliphatic carbocycles. The molecule has 2 aromatic rings. The Hall–Kier alpha value is -2.14. The van der Waals surface area contributed by atoms with Gasteiger partial charge in [0.15, 0.2) is 5.76 Å². The molecule has 0 aliphatic heterocycles. The molecule has 0 spiro atoms. The van der Waals surface area contributed by atoms with Crippen LogP contribution in [-0.2, 0) is 19.5 Å². The maximum absolute atomic E-state index is 13.7. The summed E-state index contributed by atoms with van der Waals surface area (Å²) in [7, 11) is 0. The van der Waals surface area contributed by atoms with Crippen LogP contribution in [0.3, 0.4) is 0 Å².